The van der Waals surface area contributed by atoms with Gasteiger partial charge in [-0.25, -0.2) is 0 Å². The van der Waals surface area contributed by atoms with Crippen LogP contribution in [0.5, 0.6) is 0 Å². The molecule has 1 saturated heterocycles. The molecule has 7 nitrogen and oxygen atoms in total. The molecular weight excluding hydrogens is 392 g/mol. The number of nitriles is 1. The lowest BCUT2D eigenvalue weighted by Gasteiger charge is -2.18. The predicted molar refractivity (Wildman–Crippen MR) is 116 cm³/mol. The minimum Gasteiger partial charge on any atom is -0.367 e. The molecule has 2 aliphatic heterocycles. The maximum Gasteiger partial charge on any atom is 0.254 e. The van der Waals surface area contributed by atoms with E-state index in [0.717, 1.165) is 40.8 Å². The highest BCUT2D eigenvalue weighted by atomic mass is 16.5. The Kier molecular flexibility index (Phi) is 6.31. The molecule has 0 radical (unpaired) electrons. The molecule has 2 aliphatic rings. The van der Waals surface area contributed by atoms with E-state index in [-0.39, 0.29) is 11.8 Å². The third-order valence-corrected chi connectivity index (χ3v) is 5.73. The van der Waals surface area contributed by atoms with Crippen LogP contribution in [0.3, 0.4) is 0 Å². The van der Waals surface area contributed by atoms with E-state index < -0.39 is 12.1 Å². The van der Waals surface area contributed by atoms with Gasteiger partial charge in [-0.3, -0.25) is 9.59 Å². The van der Waals surface area contributed by atoms with Crippen LogP contribution < -0.4 is 10.6 Å². The number of ether oxygens (including phenoxy) is 1. The zero-order chi connectivity index (χ0) is 21.8. The van der Waals surface area contributed by atoms with Crippen molar-refractivity contribution in [3.63, 3.8) is 0 Å². The van der Waals surface area contributed by atoms with Crippen molar-refractivity contribution in [2.24, 2.45) is 0 Å². The molecule has 0 bridgehead atoms. The topological polar surface area (TPSA) is 94.5 Å². The first kappa shape index (κ1) is 21.0. The summed E-state index contributed by atoms with van der Waals surface area (Å²) in [5.74, 6) is -0.193. The molecule has 2 N–H and O–H groups in total. The third kappa shape index (κ3) is 4.76. The molecule has 0 saturated carbocycles. The zero-order valence-corrected chi connectivity index (χ0v) is 17.6. The molecule has 1 fully saturated rings. The number of nitrogens with one attached hydrogen (secondary N) is 2. The van der Waals surface area contributed by atoms with E-state index in [1.54, 1.807) is 11.9 Å². The highest BCUT2D eigenvalue weighted by Crippen LogP contribution is 2.28. The summed E-state index contributed by atoms with van der Waals surface area (Å²) < 4.78 is 5.56. The second-order valence-electron chi connectivity index (χ2n) is 8.04. The Labute approximate surface area is 182 Å². The Balaban J connectivity index is 1.40. The molecule has 0 spiro atoms. The van der Waals surface area contributed by atoms with E-state index in [1.807, 2.05) is 36.4 Å². The molecule has 4 rings (SSSR count). The lowest BCUT2D eigenvalue weighted by atomic mass is 9.98. The molecule has 0 aliphatic carbocycles. The Morgan fingerprint density at radius 2 is 2.06 bits per heavy atom. The largest absolute Gasteiger partial charge is 0.367 e. The Morgan fingerprint density at radius 1 is 1.29 bits per heavy atom. The van der Waals surface area contributed by atoms with Crippen LogP contribution in [0, 0.1) is 11.3 Å². The van der Waals surface area contributed by atoms with Gasteiger partial charge >= 0.3 is 0 Å². The number of hydrogen-bond donors (Lipinski definition) is 2. The molecule has 2 heterocycles. The molecule has 2 aromatic carbocycles. The summed E-state index contributed by atoms with van der Waals surface area (Å²) in [7, 11) is 1.81. The van der Waals surface area contributed by atoms with E-state index in [2.05, 4.69) is 22.8 Å². The van der Waals surface area contributed by atoms with Crippen molar-refractivity contribution in [3.05, 3.63) is 59.2 Å². The van der Waals surface area contributed by atoms with E-state index in [1.165, 1.54) is 0 Å². The number of hydrogen-bond acceptors (Lipinski definition) is 5. The first-order valence-corrected chi connectivity index (χ1v) is 10.5. The van der Waals surface area contributed by atoms with E-state index in [0.29, 0.717) is 26.1 Å². The minimum absolute atomic E-state index is 0.0616. The van der Waals surface area contributed by atoms with Gasteiger partial charge in [0.2, 0.25) is 0 Å². The fraction of sp³-hybridized carbons (Fsp3) is 0.375. The number of amides is 2. The van der Waals surface area contributed by atoms with Crippen LogP contribution in [0.15, 0.2) is 42.5 Å². The van der Waals surface area contributed by atoms with Crippen LogP contribution in [-0.2, 0) is 22.5 Å². The van der Waals surface area contributed by atoms with Crippen molar-refractivity contribution in [2.75, 3.05) is 26.7 Å². The number of fused-ring (bicyclic) bond motifs is 1. The smallest absolute Gasteiger partial charge is 0.254 e. The normalized spacial score (nSPS) is 19.3. The van der Waals surface area contributed by atoms with Crippen LogP contribution in [0.25, 0.3) is 11.1 Å². The first-order valence-electron chi connectivity index (χ1n) is 10.5. The molecule has 2 aromatic rings. The first-order chi connectivity index (χ1) is 15.0. The number of carbonyl (C=O) groups is 2. The van der Waals surface area contributed by atoms with Gasteiger partial charge in [0, 0.05) is 38.7 Å². The fourth-order valence-electron chi connectivity index (χ4n) is 3.99. The SMILES string of the molecule is CN1Cc2cc(-c3ccc(C[C@H](C#N)NC(=O)[C@@H]4CNCCCO4)cc3)ccc2C1=O. The highest BCUT2D eigenvalue weighted by Gasteiger charge is 2.25. The molecular formula is C24H26N4O3. The van der Waals surface area contributed by atoms with Gasteiger partial charge in [-0.2, -0.15) is 5.26 Å². The maximum absolute atomic E-state index is 12.4. The van der Waals surface area contributed by atoms with Crippen LogP contribution in [-0.4, -0.2) is 55.6 Å². The van der Waals surface area contributed by atoms with Crippen molar-refractivity contribution >= 4 is 11.8 Å². The maximum atomic E-state index is 12.4. The second-order valence-corrected chi connectivity index (χ2v) is 8.04. The van der Waals surface area contributed by atoms with E-state index in [9.17, 15) is 14.9 Å². The number of nitrogens with zero attached hydrogens (tertiary/aromatic N) is 2. The van der Waals surface area contributed by atoms with Crippen LogP contribution in [0.1, 0.15) is 27.9 Å². The molecule has 7 heteroatoms. The Morgan fingerprint density at radius 3 is 2.84 bits per heavy atom. The molecule has 2 amide bonds. The van der Waals surface area contributed by atoms with Gasteiger partial charge in [-0.05, 0) is 47.4 Å². The number of carbonyl (C=O) groups excluding carboxylic acids is 2. The molecule has 2 atom stereocenters. The minimum atomic E-state index is -0.619. The molecule has 31 heavy (non-hydrogen) atoms. The summed E-state index contributed by atoms with van der Waals surface area (Å²) in [6.07, 6.45) is 0.729. The van der Waals surface area contributed by atoms with Crippen molar-refractivity contribution in [1.29, 1.82) is 5.26 Å². The van der Waals surface area contributed by atoms with Crippen molar-refractivity contribution in [2.45, 2.75) is 31.5 Å². The van der Waals surface area contributed by atoms with Gasteiger partial charge in [0.25, 0.3) is 11.8 Å². The third-order valence-electron chi connectivity index (χ3n) is 5.73. The van der Waals surface area contributed by atoms with Gasteiger partial charge in [0.15, 0.2) is 0 Å². The number of rotatable bonds is 5. The standard InChI is InChI=1S/C24H26N4O3/c1-28-15-19-12-18(7-8-21(19)24(28)30)17-5-3-16(4-6-17)11-20(13-25)27-23(29)22-14-26-9-2-10-31-22/h3-8,12,20,22,26H,2,9-11,14-15H2,1H3,(H,27,29)/t20-,22+/m1/s1. The molecule has 0 unspecified atom stereocenters. The quantitative estimate of drug-likeness (QED) is 0.773. The summed E-state index contributed by atoms with van der Waals surface area (Å²) >= 11 is 0. The fourth-order valence-corrected chi connectivity index (χ4v) is 3.99. The van der Waals surface area contributed by atoms with Crippen molar-refractivity contribution in [1.82, 2.24) is 15.5 Å². The van der Waals surface area contributed by atoms with Crippen LogP contribution in [0.4, 0.5) is 0 Å². The van der Waals surface area contributed by atoms with E-state index in [4.69, 9.17) is 4.74 Å². The highest BCUT2D eigenvalue weighted by molar-refractivity contribution is 5.98. The number of benzene rings is 2. The molecule has 160 valence electrons. The average Bonchev–Trinajstić information content (AvgIpc) is 2.95. The van der Waals surface area contributed by atoms with Gasteiger partial charge < -0.3 is 20.3 Å². The lowest BCUT2D eigenvalue weighted by Crippen LogP contribution is -2.46. The van der Waals surface area contributed by atoms with Gasteiger partial charge in [-0.1, -0.05) is 30.3 Å². The summed E-state index contributed by atoms with van der Waals surface area (Å²) in [6.45, 7) is 2.46. The molecule has 0 aromatic heterocycles. The lowest BCUT2D eigenvalue weighted by molar-refractivity contribution is -0.132. The van der Waals surface area contributed by atoms with Gasteiger partial charge in [-0.15, -0.1) is 0 Å². The Hall–Kier alpha value is -3.21. The second kappa shape index (κ2) is 9.29. The predicted octanol–water partition coefficient (Wildman–Crippen LogP) is 1.87. The Bertz CT molecular complexity index is 1000. The summed E-state index contributed by atoms with van der Waals surface area (Å²) in [5, 5.41) is 15.5. The summed E-state index contributed by atoms with van der Waals surface area (Å²) in [4.78, 5) is 26.2. The zero-order valence-electron chi connectivity index (χ0n) is 17.6. The van der Waals surface area contributed by atoms with Crippen molar-refractivity contribution < 1.29 is 14.3 Å². The van der Waals surface area contributed by atoms with Crippen LogP contribution >= 0.6 is 0 Å². The van der Waals surface area contributed by atoms with E-state index >= 15 is 0 Å². The average molecular weight is 418 g/mol. The van der Waals surface area contributed by atoms with Gasteiger partial charge in [0.1, 0.15) is 12.1 Å². The summed E-state index contributed by atoms with van der Waals surface area (Å²) in [6, 6.07) is 15.4. The monoisotopic (exact) mass is 418 g/mol. The van der Waals surface area contributed by atoms with Crippen molar-refractivity contribution in [3.8, 4) is 17.2 Å². The van der Waals surface area contributed by atoms with Gasteiger partial charge in [0.05, 0.1) is 6.07 Å². The summed E-state index contributed by atoms with van der Waals surface area (Å²) in [5.41, 5.74) is 4.87. The van der Waals surface area contributed by atoms with Crippen LogP contribution in [0.2, 0.25) is 0 Å².